The molecule has 3 heteroatoms. The van der Waals surface area contributed by atoms with Gasteiger partial charge >= 0.3 is 0 Å². The molecule has 0 spiro atoms. The lowest BCUT2D eigenvalue weighted by atomic mass is 9.79. The third kappa shape index (κ3) is 4.37. The number of aromatic nitrogens is 2. The normalized spacial score (nSPS) is 13.3. The molecule has 3 nitrogen and oxygen atoms in total. The molecule has 2 aliphatic rings. The summed E-state index contributed by atoms with van der Waals surface area (Å²) in [5.41, 5.74) is 14.7. The molecule has 0 atom stereocenters. The van der Waals surface area contributed by atoms with Crippen LogP contribution in [0.4, 0.5) is 0 Å². The van der Waals surface area contributed by atoms with E-state index < -0.39 is 0 Å². The van der Waals surface area contributed by atoms with Crippen LogP contribution in [0.2, 0.25) is 0 Å². The van der Waals surface area contributed by atoms with Gasteiger partial charge in [0.05, 0.1) is 11.4 Å². The van der Waals surface area contributed by atoms with Crippen LogP contribution in [-0.4, -0.2) is 9.97 Å². The van der Waals surface area contributed by atoms with Crippen molar-refractivity contribution >= 4 is 10.8 Å². The molecule has 50 heavy (non-hydrogen) atoms. The molecule has 2 heterocycles. The summed E-state index contributed by atoms with van der Waals surface area (Å²) >= 11 is 0. The van der Waals surface area contributed by atoms with Crippen LogP contribution >= 0.6 is 0 Å². The minimum Gasteiger partial charge on any atom is -0.456 e. The van der Waals surface area contributed by atoms with E-state index in [0.717, 1.165) is 62.1 Å². The van der Waals surface area contributed by atoms with E-state index in [1.165, 1.54) is 38.6 Å². The first-order valence-electron chi connectivity index (χ1n) is 17.2. The Balaban J connectivity index is 1.07. The highest BCUT2D eigenvalue weighted by Crippen LogP contribution is 2.52. The Morgan fingerprint density at radius 3 is 1.96 bits per heavy atom. The Kier molecular flexibility index (Phi) is 6.22. The minimum atomic E-state index is -0.157. The Bertz CT molecular complexity index is 2630. The van der Waals surface area contributed by atoms with Crippen LogP contribution in [0.1, 0.15) is 25.0 Å². The van der Waals surface area contributed by atoms with Crippen LogP contribution in [0.15, 0.2) is 158 Å². The molecule has 0 fully saturated rings. The van der Waals surface area contributed by atoms with Gasteiger partial charge < -0.3 is 4.74 Å². The van der Waals surface area contributed by atoms with Crippen molar-refractivity contribution in [1.82, 2.24) is 9.97 Å². The number of fused-ring (bicyclic) bond motifs is 5. The van der Waals surface area contributed by atoms with Crippen molar-refractivity contribution in [3.63, 3.8) is 0 Å². The summed E-state index contributed by atoms with van der Waals surface area (Å²) in [6, 6.07) is 55.8. The van der Waals surface area contributed by atoms with Gasteiger partial charge in [-0.15, -0.1) is 0 Å². The molecule has 0 N–H and O–H groups in total. The van der Waals surface area contributed by atoms with Gasteiger partial charge in [0.15, 0.2) is 5.82 Å². The average Bonchev–Trinajstić information content (AvgIpc) is 3.41. The van der Waals surface area contributed by atoms with E-state index in [1.807, 2.05) is 24.3 Å². The number of nitrogens with zero attached hydrogens (tertiary/aromatic N) is 2. The second kappa shape index (κ2) is 10.8. The Morgan fingerprint density at radius 2 is 1.10 bits per heavy atom. The summed E-state index contributed by atoms with van der Waals surface area (Å²) in [5, 5.41) is 2.35. The standard InChI is InChI=1S/C47H32N2O/c1-47(2)39-19-7-6-15-34(39)36-17-10-18-37(45(36)47)41-28-40(48-46(49-41)32-11-4-3-5-12-32)30-23-21-29(22-24-30)33-25-26-42-38(27-33)35-16-8-13-31-14-9-20-43(50-42)44(31)35/h3-28H,1-2H3. The first-order valence-corrected chi connectivity index (χ1v) is 17.2. The molecule has 0 amide bonds. The zero-order valence-corrected chi connectivity index (χ0v) is 27.8. The van der Waals surface area contributed by atoms with Gasteiger partial charge in [-0.1, -0.05) is 147 Å². The molecule has 236 valence electrons. The highest BCUT2D eigenvalue weighted by Gasteiger charge is 2.37. The Labute approximate surface area is 291 Å². The molecule has 0 unspecified atom stereocenters. The first kappa shape index (κ1) is 28.7. The number of hydrogen-bond acceptors (Lipinski definition) is 3. The maximum absolute atomic E-state index is 6.36. The topological polar surface area (TPSA) is 35.0 Å². The van der Waals surface area contributed by atoms with Gasteiger partial charge in [0, 0.05) is 33.1 Å². The molecule has 10 rings (SSSR count). The average molecular weight is 641 g/mol. The number of rotatable bonds is 4. The lowest BCUT2D eigenvalue weighted by molar-refractivity contribution is 0.487. The van der Waals surface area contributed by atoms with Gasteiger partial charge in [-0.25, -0.2) is 9.97 Å². The smallest absolute Gasteiger partial charge is 0.160 e. The van der Waals surface area contributed by atoms with Gasteiger partial charge in [0.2, 0.25) is 0 Å². The lowest BCUT2D eigenvalue weighted by Crippen LogP contribution is -2.16. The van der Waals surface area contributed by atoms with E-state index in [4.69, 9.17) is 14.7 Å². The molecule has 0 bridgehead atoms. The zero-order valence-electron chi connectivity index (χ0n) is 27.8. The number of ether oxygens (including phenoxy) is 1. The maximum Gasteiger partial charge on any atom is 0.160 e. The molecular formula is C47H32N2O. The second-order valence-electron chi connectivity index (χ2n) is 13.8. The van der Waals surface area contributed by atoms with Crippen LogP contribution in [-0.2, 0) is 5.41 Å². The van der Waals surface area contributed by atoms with E-state index in [2.05, 4.69) is 147 Å². The van der Waals surface area contributed by atoms with Crippen molar-refractivity contribution in [2.45, 2.75) is 19.3 Å². The fourth-order valence-electron chi connectivity index (χ4n) is 8.09. The number of hydrogen-bond donors (Lipinski definition) is 0. The summed E-state index contributed by atoms with van der Waals surface area (Å²) in [6.07, 6.45) is 0. The van der Waals surface area contributed by atoms with E-state index >= 15 is 0 Å². The maximum atomic E-state index is 6.36. The molecule has 0 saturated heterocycles. The zero-order chi connectivity index (χ0) is 33.4. The van der Waals surface area contributed by atoms with E-state index in [-0.39, 0.29) is 5.41 Å². The van der Waals surface area contributed by atoms with Crippen LogP contribution in [0, 0.1) is 0 Å². The molecule has 8 aromatic rings. The van der Waals surface area contributed by atoms with Gasteiger partial charge in [-0.3, -0.25) is 0 Å². The predicted molar refractivity (Wildman–Crippen MR) is 204 cm³/mol. The SMILES string of the molecule is CC1(C)c2ccccc2-c2cccc(-c3cc(-c4ccc(-c5ccc6c(c5)-c5cccc7cccc(c57)O6)cc4)nc(-c4ccccc4)n3)c21. The molecule has 1 aromatic heterocycles. The van der Waals surface area contributed by atoms with Crippen LogP contribution in [0.25, 0.3) is 78.1 Å². The fraction of sp³-hybridized carbons (Fsp3) is 0.0638. The lowest BCUT2D eigenvalue weighted by Gasteiger charge is -2.24. The summed E-state index contributed by atoms with van der Waals surface area (Å²) in [6.45, 7) is 4.65. The highest BCUT2D eigenvalue weighted by molar-refractivity contribution is 6.04. The molecule has 0 radical (unpaired) electrons. The summed E-state index contributed by atoms with van der Waals surface area (Å²) in [5.74, 6) is 2.52. The van der Waals surface area contributed by atoms with Crippen molar-refractivity contribution in [2.75, 3.05) is 0 Å². The monoisotopic (exact) mass is 640 g/mol. The van der Waals surface area contributed by atoms with Gasteiger partial charge in [-0.2, -0.15) is 0 Å². The Morgan fingerprint density at radius 1 is 0.440 bits per heavy atom. The molecule has 1 aliphatic heterocycles. The molecule has 0 saturated carbocycles. The van der Waals surface area contributed by atoms with Crippen molar-refractivity contribution in [3.05, 3.63) is 169 Å². The van der Waals surface area contributed by atoms with Gasteiger partial charge in [0.1, 0.15) is 11.5 Å². The summed E-state index contributed by atoms with van der Waals surface area (Å²) in [4.78, 5) is 10.4. The summed E-state index contributed by atoms with van der Waals surface area (Å²) < 4.78 is 6.36. The number of benzene rings is 7. The quantitative estimate of drug-likeness (QED) is 0.192. The molecule has 7 aromatic carbocycles. The van der Waals surface area contributed by atoms with Crippen molar-refractivity contribution in [2.24, 2.45) is 0 Å². The minimum absolute atomic E-state index is 0.157. The van der Waals surface area contributed by atoms with E-state index in [1.54, 1.807) is 0 Å². The molecule has 1 aliphatic carbocycles. The fourth-order valence-corrected chi connectivity index (χ4v) is 8.09. The van der Waals surface area contributed by atoms with Gasteiger partial charge in [0.25, 0.3) is 0 Å². The third-order valence-corrected chi connectivity index (χ3v) is 10.5. The van der Waals surface area contributed by atoms with Crippen molar-refractivity contribution in [3.8, 4) is 78.8 Å². The third-order valence-electron chi connectivity index (χ3n) is 10.5. The Hall–Kier alpha value is -6.32. The largest absolute Gasteiger partial charge is 0.456 e. The first-order chi connectivity index (χ1) is 24.5. The molecular weight excluding hydrogens is 609 g/mol. The summed E-state index contributed by atoms with van der Waals surface area (Å²) in [7, 11) is 0. The van der Waals surface area contributed by atoms with Crippen molar-refractivity contribution < 1.29 is 4.74 Å². The van der Waals surface area contributed by atoms with E-state index in [9.17, 15) is 0 Å². The van der Waals surface area contributed by atoms with Crippen LogP contribution < -0.4 is 4.74 Å². The van der Waals surface area contributed by atoms with Crippen LogP contribution in [0.3, 0.4) is 0 Å². The van der Waals surface area contributed by atoms with Crippen LogP contribution in [0.5, 0.6) is 11.5 Å². The predicted octanol–water partition coefficient (Wildman–Crippen LogP) is 12.4. The van der Waals surface area contributed by atoms with Crippen molar-refractivity contribution in [1.29, 1.82) is 0 Å². The highest BCUT2D eigenvalue weighted by atomic mass is 16.5. The second-order valence-corrected chi connectivity index (χ2v) is 13.8. The van der Waals surface area contributed by atoms with E-state index in [0.29, 0.717) is 0 Å². The van der Waals surface area contributed by atoms with Gasteiger partial charge in [-0.05, 0) is 68.6 Å².